The molecule has 1 N–H and O–H groups in total. The smallest absolute Gasteiger partial charge is 0.134 e. The van der Waals surface area contributed by atoms with Crippen molar-refractivity contribution >= 4 is 19.1 Å². The number of rotatable bonds is 4. The van der Waals surface area contributed by atoms with Gasteiger partial charge in [0.05, 0.1) is 13.8 Å². The summed E-state index contributed by atoms with van der Waals surface area (Å²) in [6.07, 6.45) is 2.69. The van der Waals surface area contributed by atoms with Gasteiger partial charge in [-0.1, -0.05) is 49.1 Å². The van der Waals surface area contributed by atoms with Crippen LogP contribution in [-0.2, 0) is 19.5 Å². The van der Waals surface area contributed by atoms with E-state index in [1.54, 1.807) is 6.33 Å². The van der Waals surface area contributed by atoms with Crippen molar-refractivity contribution in [3.05, 3.63) is 47.4 Å². The Morgan fingerprint density at radius 3 is 2.57 bits per heavy atom. The molecule has 5 heteroatoms. The fourth-order valence-electron chi connectivity index (χ4n) is 2.94. The number of aromatic nitrogens is 2. The minimum Gasteiger partial charge on any atom is -0.366 e. The van der Waals surface area contributed by atoms with Gasteiger partial charge in [0, 0.05) is 31.6 Å². The largest absolute Gasteiger partial charge is 0.366 e. The molecular weight excluding hydrogens is 300 g/mol. The Hall–Kier alpha value is -1.72. The summed E-state index contributed by atoms with van der Waals surface area (Å²) >= 11 is 0. The number of nitrogens with zero attached hydrogens (tertiary/aromatic N) is 3. The normalized spacial score (nSPS) is 15.3. The van der Waals surface area contributed by atoms with Crippen molar-refractivity contribution in [2.45, 2.75) is 39.2 Å². The standard InChI is InChI=1S/C18H26N4Si/c1-22-10-9-17-16(12-22)18(21-13-20-17)19-11-14-5-7-15(8-6-14)23(2,3)4/h5-8,13H,9-12H2,1-4H3,(H,19,20,21). The maximum absolute atomic E-state index is 4.46. The molecule has 0 radical (unpaired) electrons. The molecule has 1 aliphatic heterocycles. The monoisotopic (exact) mass is 326 g/mol. The first-order chi connectivity index (χ1) is 10.9. The van der Waals surface area contributed by atoms with E-state index in [0.717, 1.165) is 31.9 Å². The van der Waals surface area contributed by atoms with Crippen LogP contribution in [0.5, 0.6) is 0 Å². The van der Waals surface area contributed by atoms with Crippen molar-refractivity contribution in [2.24, 2.45) is 0 Å². The topological polar surface area (TPSA) is 41.1 Å². The minimum absolute atomic E-state index is 0.805. The molecule has 0 atom stereocenters. The third kappa shape index (κ3) is 3.79. The Labute approximate surface area is 140 Å². The molecule has 1 aliphatic rings. The number of benzene rings is 1. The highest BCUT2D eigenvalue weighted by Crippen LogP contribution is 2.22. The van der Waals surface area contributed by atoms with E-state index in [1.165, 1.54) is 22.0 Å². The summed E-state index contributed by atoms with van der Waals surface area (Å²) in [6.45, 7) is 9.94. The lowest BCUT2D eigenvalue weighted by molar-refractivity contribution is 0.310. The Morgan fingerprint density at radius 1 is 1.13 bits per heavy atom. The predicted molar refractivity (Wildman–Crippen MR) is 98.8 cm³/mol. The predicted octanol–water partition coefficient (Wildman–Crippen LogP) is 2.62. The van der Waals surface area contributed by atoms with Gasteiger partial charge in [-0.05, 0) is 12.6 Å². The van der Waals surface area contributed by atoms with Gasteiger partial charge in [0.2, 0.25) is 0 Å². The molecule has 0 saturated carbocycles. The molecule has 1 aromatic carbocycles. The Kier molecular flexibility index (Phi) is 4.50. The zero-order valence-electron chi connectivity index (χ0n) is 14.6. The van der Waals surface area contributed by atoms with Crippen molar-refractivity contribution in [3.8, 4) is 0 Å². The summed E-state index contributed by atoms with van der Waals surface area (Å²) in [5.74, 6) is 0.982. The van der Waals surface area contributed by atoms with E-state index in [4.69, 9.17) is 0 Å². The second-order valence-corrected chi connectivity index (χ2v) is 12.5. The quantitative estimate of drug-likeness (QED) is 0.877. The van der Waals surface area contributed by atoms with Gasteiger partial charge in [0.25, 0.3) is 0 Å². The molecule has 0 saturated heterocycles. The zero-order valence-corrected chi connectivity index (χ0v) is 15.6. The van der Waals surface area contributed by atoms with E-state index in [9.17, 15) is 0 Å². The van der Waals surface area contributed by atoms with Gasteiger partial charge in [0.15, 0.2) is 0 Å². The summed E-state index contributed by atoms with van der Waals surface area (Å²) in [5, 5.41) is 5.00. The molecule has 0 unspecified atom stereocenters. The van der Waals surface area contributed by atoms with Crippen LogP contribution in [0.25, 0.3) is 0 Å². The summed E-state index contributed by atoms with van der Waals surface area (Å²) < 4.78 is 0. The van der Waals surface area contributed by atoms with E-state index in [-0.39, 0.29) is 0 Å². The van der Waals surface area contributed by atoms with Gasteiger partial charge in [0.1, 0.15) is 12.1 Å². The lowest BCUT2D eigenvalue weighted by Gasteiger charge is -2.25. The van der Waals surface area contributed by atoms with Crippen LogP contribution in [0.1, 0.15) is 16.8 Å². The highest BCUT2D eigenvalue weighted by atomic mass is 28.3. The van der Waals surface area contributed by atoms with Gasteiger partial charge >= 0.3 is 0 Å². The number of hydrogen-bond donors (Lipinski definition) is 1. The summed E-state index contributed by atoms with van der Waals surface area (Å²) in [5.41, 5.74) is 3.73. The molecule has 0 spiro atoms. The van der Waals surface area contributed by atoms with Crippen molar-refractivity contribution in [1.29, 1.82) is 0 Å². The molecular formula is C18H26N4Si. The van der Waals surface area contributed by atoms with Crippen LogP contribution in [0.2, 0.25) is 19.6 Å². The average Bonchev–Trinajstić information content (AvgIpc) is 2.52. The van der Waals surface area contributed by atoms with Gasteiger partial charge in [-0.15, -0.1) is 0 Å². The fraction of sp³-hybridized carbons (Fsp3) is 0.444. The van der Waals surface area contributed by atoms with Crippen LogP contribution in [0.3, 0.4) is 0 Å². The van der Waals surface area contributed by atoms with Crippen LogP contribution in [-0.4, -0.2) is 36.5 Å². The number of fused-ring (bicyclic) bond motifs is 1. The van der Waals surface area contributed by atoms with Crippen LogP contribution < -0.4 is 10.5 Å². The summed E-state index contributed by atoms with van der Waals surface area (Å²) in [6, 6.07) is 9.04. The van der Waals surface area contributed by atoms with Gasteiger partial charge in [-0.3, -0.25) is 0 Å². The van der Waals surface area contributed by atoms with Gasteiger partial charge in [-0.25, -0.2) is 9.97 Å². The Morgan fingerprint density at radius 2 is 1.87 bits per heavy atom. The molecule has 0 bridgehead atoms. The molecule has 1 aromatic heterocycles. The van der Waals surface area contributed by atoms with E-state index >= 15 is 0 Å². The maximum Gasteiger partial charge on any atom is 0.134 e. The van der Waals surface area contributed by atoms with Gasteiger partial charge in [-0.2, -0.15) is 0 Å². The highest BCUT2D eigenvalue weighted by molar-refractivity contribution is 6.88. The van der Waals surface area contributed by atoms with Crippen molar-refractivity contribution in [3.63, 3.8) is 0 Å². The van der Waals surface area contributed by atoms with Crippen LogP contribution in [0.15, 0.2) is 30.6 Å². The lowest BCUT2D eigenvalue weighted by atomic mass is 10.1. The SMILES string of the molecule is CN1CCc2ncnc(NCc3ccc([Si](C)(C)C)cc3)c2C1. The number of nitrogens with one attached hydrogen (secondary N) is 1. The first-order valence-electron chi connectivity index (χ1n) is 8.28. The minimum atomic E-state index is -1.22. The number of anilines is 1. The first-order valence-corrected chi connectivity index (χ1v) is 11.8. The van der Waals surface area contributed by atoms with Crippen LogP contribution >= 0.6 is 0 Å². The number of hydrogen-bond acceptors (Lipinski definition) is 4. The highest BCUT2D eigenvalue weighted by Gasteiger charge is 2.19. The van der Waals surface area contributed by atoms with Gasteiger partial charge < -0.3 is 10.2 Å². The Balaban J connectivity index is 1.72. The Bertz CT molecular complexity index is 676. The fourth-order valence-corrected chi connectivity index (χ4v) is 4.10. The molecule has 2 aromatic rings. The van der Waals surface area contributed by atoms with E-state index in [0.29, 0.717) is 0 Å². The van der Waals surface area contributed by atoms with E-state index in [1.807, 2.05) is 0 Å². The van der Waals surface area contributed by atoms with E-state index < -0.39 is 8.07 Å². The van der Waals surface area contributed by atoms with Crippen molar-refractivity contribution in [2.75, 3.05) is 18.9 Å². The van der Waals surface area contributed by atoms with Crippen molar-refractivity contribution < 1.29 is 0 Å². The molecule has 3 rings (SSSR count). The van der Waals surface area contributed by atoms with Crippen molar-refractivity contribution in [1.82, 2.24) is 14.9 Å². The maximum atomic E-state index is 4.46. The van der Waals surface area contributed by atoms with E-state index in [2.05, 4.69) is 71.1 Å². The second-order valence-electron chi connectivity index (χ2n) is 7.44. The molecule has 4 nitrogen and oxygen atoms in total. The third-order valence-corrected chi connectivity index (χ3v) is 6.54. The second kappa shape index (κ2) is 6.41. The first kappa shape index (κ1) is 16.1. The lowest BCUT2D eigenvalue weighted by Crippen LogP contribution is -2.37. The average molecular weight is 327 g/mol. The molecule has 0 amide bonds. The zero-order chi connectivity index (χ0) is 16.4. The molecule has 23 heavy (non-hydrogen) atoms. The third-order valence-electron chi connectivity index (χ3n) is 4.47. The molecule has 2 heterocycles. The summed E-state index contributed by atoms with van der Waals surface area (Å²) in [4.78, 5) is 11.2. The molecule has 0 fully saturated rings. The van der Waals surface area contributed by atoms with Crippen LogP contribution in [0.4, 0.5) is 5.82 Å². The number of likely N-dealkylation sites (N-methyl/N-ethyl adjacent to an activating group) is 1. The summed E-state index contributed by atoms with van der Waals surface area (Å²) in [7, 11) is 0.931. The van der Waals surface area contributed by atoms with Crippen LogP contribution in [0, 0.1) is 0 Å². The molecule has 122 valence electrons. The molecule has 0 aliphatic carbocycles.